The highest BCUT2D eigenvalue weighted by Crippen LogP contribution is 2.22. The van der Waals surface area contributed by atoms with Gasteiger partial charge in [0.05, 0.1) is 24.1 Å². The van der Waals surface area contributed by atoms with Crippen LogP contribution in [0.4, 0.5) is 10.2 Å². The van der Waals surface area contributed by atoms with Gasteiger partial charge in [0.15, 0.2) is 5.65 Å². The third-order valence-corrected chi connectivity index (χ3v) is 3.86. The van der Waals surface area contributed by atoms with E-state index in [1.54, 1.807) is 35.8 Å². The van der Waals surface area contributed by atoms with Gasteiger partial charge < -0.3 is 10.3 Å². The molecule has 0 unspecified atom stereocenters. The standard InChI is InChI=1S/C18H15FN6O/c1-11-22-14(8-18(26)23-11)10-20-17-9-15(12-2-4-13(19)5-3-12)24-16-6-7-21-25(16)17/h2-9,20H,10H2,1H3,(H,22,23,26). The number of rotatable bonds is 4. The summed E-state index contributed by atoms with van der Waals surface area (Å²) in [5, 5.41) is 7.50. The van der Waals surface area contributed by atoms with Crippen LogP contribution in [-0.4, -0.2) is 24.6 Å². The molecule has 0 saturated carbocycles. The number of hydrogen-bond donors (Lipinski definition) is 2. The van der Waals surface area contributed by atoms with Crippen LogP contribution in [0.2, 0.25) is 0 Å². The molecule has 0 aliphatic carbocycles. The second kappa shape index (κ2) is 6.40. The molecule has 0 aliphatic rings. The minimum Gasteiger partial charge on any atom is -0.364 e. The van der Waals surface area contributed by atoms with Crippen molar-refractivity contribution in [2.24, 2.45) is 0 Å². The van der Waals surface area contributed by atoms with E-state index in [4.69, 9.17) is 0 Å². The van der Waals surface area contributed by atoms with Gasteiger partial charge in [-0.2, -0.15) is 9.61 Å². The molecule has 0 radical (unpaired) electrons. The Morgan fingerprint density at radius 3 is 2.73 bits per heavy atom. The first kappa shape index (κ1) is 15.9. The average molecular weight is 350 g/mol. The summed E-state index contributed by atoms with van der Waals surface area (Å²) >= 11 is 0. The summed E-state index contributed by atoms with van der Waals surface area (Å²) in [6.45, 7) is 2.09. The van der Waals surface area contributed by atoms with E-state index in [0.717, 1.165) is 5.56 Å². The summed E-state index contributed by atoms with van der Waals surface area (Å²) in [5.74, 6) is 0.951. The lowest BCUT2D eigenvalue weighted by atomic mass is 10.1. The van der Waals surface area contributed by atoms with Crippen molar-refractivity contribution < 1.29 is 4.39 Å². The maximum absolute atomic E-state index is 13.2. The van der Waals surface area contributed by atoms with Crippen molar-refractivity contribution in [1.82, 2.24) is 24.6 Å². The highest BCUT2D eigenvalue weighted by Gasteiger charge is 2.09. The number of nitrogens with zero attached hydrogens (tertiary/aromatic N) is 4. The Labute approximate surface area is 147 Å². The molecule has 0 saturated heterocycles. The first-order valence-electron chi connectivity index (χ1n) is 8.00. The summed E-state index contributed by atoms with van der Waals surface area (Å²) in [7, 11) is 0. The van der Waals surface area contributed by atoms with Crippen LogP contribution >= 0.6 is 0 Å². The molecule has 4 rings (SSSR count). The van der Waals surface area contributed by atoms with Crippen molar-refractivity contribution >= 4 is 11.5 Å². The minimum atomic E-state index is -0.298. The number of benzene rings is 1. The number of anilines is 1. The molecule has 0 fully saturated rings. The normalized spacial score (nSPS) is 11.0. The first-order valence-corrected chi connectivity index (χ1v) is 8.00. The van der Waals surface area contributed by atoms with E-state index in [0.29, 0.717) is 35.2 Å². The van der Waals surface area contributed by atoms with Crippen molar-refractivity contribution in [2.75, 3.05) is 5.32 Å². The SMILES string of the molecule is Cc1nc(CNc2cc(-c3ccc(F)cc3)nc3ccnn23)cc(=O)[nH]1. The van der Waals surface area contributed by atoms with Gasteiger partial charge in [0.1, 0.15) is 17.5 Å². The molecule has 0 bridgehead atoms. The molecule has 0 atom stereocenters. The number of aromatic amines is 1. The quantitative estimate of drug-likeness (QED) is 0.590. The maximum atomic E-state index is 13.2. The van der Waals surface area contributed by atoms with Crippen LogP contribution in [0.1, 0.15) is 11.5 Å². The Bertz CT molecular complexity index is 1130. The monoisotopic (exact) mass is 350 g/mol. The van der Waals surface area contributed by atoms with Gasteiger partial charge in [-0.3, -0.25) is 4.79 Å². The van der Waals surface area contributed by atoms with E-state index in [9.17, 15) is 9.18 Å². The lowest BCUT2D eigenvalue weighted by Gasteiger charge is -2.10. The molecule has 0 aliphatic heterocycles. The number of nitrogens with one attached hydrogen (secondary N) is 2. The fourth-order valence-corrected chi connectivity index (χ4v) is 2.72. The summed E-state index contributed by atoms with van der Waals surface area (Å²) < 4.78 is 14.8. The molecule has 2 N–H and O–H groups in total. The van der Waals surface area contributed by atoms with Gasteiger partial charge in [-0.1, -0.05) is 0 Å². The van der Waals surface area contributed by atoms with Crippen LogP contribution in [0, 0.1) is 12.7 Å². The van der Waals surface area contributed by atoms with E-state index in [1.165, 1.54) is 18.2 Å². The van der Waals surface area contributed by atoms with Crippen LogP contribution in [0.3, 0.4) is 0 Å². The lowest BCUT2D eigenvalue weighted by Crippen LogP contribution is -2.14. The maximum Gasteiger partial charge on any atom is 0.251 e. The summed E-state index contributed by atoms with van der Waals surface area (Å²) in [4.78, 5) is 23.0. The fraction of sp³-hybridized carbons (Fsp3) is 0.111. The van der Waals surface area contributed by atoms with Gasteiger partial charge in [0, 0.05) is 23.8 Å². The second-order valence-corrected chi connectivity index (χ2v) is 5.81. The Kier molecular flexibility index (Phi) is 3.92. The Hall–Kier alpha value is -3.55. The smallest absolute Gasteiger partial charge is 0.251 e. The molecule has 3 heterocycles. The van der Waals surface area contributed by atoms with Gasteiger partial charge in [-0.05, 0) is 31.2 Å². The molecule has 4 aromatic rings. The molecule has 0 amide bonds. The predicted molar refractivity (Wildman–Crippen MR) is 95.3 cm³/mol. The molecule has 3 aromatic heterocycles. The molecule has 26 heavy (non-hydrogen) atoms. The van der Waals surface area contributed by atoms with Gasteiger partial charge in [-0.25, -0.2) is 14.4 Å². The summed E-state index contributed by atoms with van der Waals surface area (Å²) in [6.07, 6.45) is 1.65. The van der Waals surface area contributed by atoms with E-state index < -0.39 is 0 Å². The van der Waals surface area contributed by atoms with Gasteiger partial charge in [0.25, 0.3) is 5.56 Å². The first-order chi connectivity index (χ1) is 12.6. The van der Waals surface area contributed by atoms with Crippen LogP contribution < -0.4 is 10.9 Å². The number of hydrogen-bond acceptors (Lipinski definition) is 5. The summed E-state index contributed by atoms with van der Waals surface area (Å²) in [5.41, 5.74) is 2.56. The molecule has 8 heteroatoms. The van der Waals surface area contributed by atoms with Crippen molar-refractivity contribution in [3.05, 3.63) is 76.4 Å². The Morgan fingerprint density at radius 1 is 1.15 bits per heavy atom. The van der Waals surface area contributed by atoms with Gasteiger partial charge in [-0.15, -0.1) is 0 Å². The number of fused-ring (bicyclic) bond motifs is 1. The minimum absolute atomic E-state index is 0.194. The predicted octanol–water partition coefficient (Wildman–Crippen LogP) is 2.54. The van der Waals surface area contributed by atoms with Gasteiger partial charge >= 0.3 is 0 Å². The number of H-pyrrole nitrogens is 1. The van der Waals surface area contributed by atoms with E-state index >= 15 is 0 Å². The third-order valence-electron chi connectivity index (χ3n) is 3.86. The lowest BCUT2D eigenvalue weighted by molar-refractivity contribution is 0.628. The molecular formula is C18H15FN6O. The van der Waals surface area contributed by atoms with Crippen LogP contribution in [0.15, 0.2) is 53.5 Å². The molecule has 130 valence electrons. The van der Waals surface area contributed by atoms with E-state index in [2.05, 4.69) is 25.4 Å². The zero-order valence-electron chi connectivity index (χ0n) is 13.9. The number of aromatic nitrogens is 5. The Morgan fingerprint density at radius 2 is 1.96 bits per heavy atom. The highest BCUT2D eigenvalue weighted by molar-refractivity contribution is 5.66. The average Bonchev–Trinajstić information content (AvgIpc) is 3.08. The summed E-state index contributed by atoms with van der Waals surface area (Å²) in [6, 6.07) is 11.2. The van der Waals surface area contributed by atoms with Crippen molar-refractivity contribution in [3.8, 4) is 11.3 Å². The van der Waals surface area contributed by atoms with E-state index in [-0.39, 0.29) is 11.4 Å². The third kappa shape index (κ3) is 3.16. The second-order valence-electron chi connectivity index (χ2n) is 5.81. The Balaban J connectivity index is 1.70. The van der Waals surface area contributed by atoms with E-state index in [1.807, 2.05) is 6.07 Å². The topological polar surface area (TPSA) is 88.0 Å². The van der Waals surface area contributed by atoms with Crippen LogP contribution in [0.5, 0.6) is 0 Å². The van der Waals surface area contributed by atoms with Crippen molar-refractivity contribution in [2.45, 2.75) is 13.5 Å². The molecule has 0 spiro atoms. The van der Waals surface area contributed by atoms with Crippen molar-refractivity contribution in [1.29, 1.82) is 0 Å². The largest absolute Gasteiger partial charge is 0.364 e. The van der Waals surface area contributed by atoms with Crippen LogP contribution in [0.25, 0.3) is 16.9 Å². The highest BCUT2D eigenvalue weighted by atomic mass is 19.1. The molecular weight excluding hydrogens is 335 g/mol. The zero-order chi connectivity index (χ0) is 18.1. The number of aryl methyl sites for hydroxylation is 1. The fourth-order valence-electron chi connectivity index (χ4n) is 2.72. The van der Waals surface area contributed by atoms with Crippen LogP contribution in [-0.2, 0) is 6.54 Å². The molecule has 1 aromatic carbocycles. The zero-order valence-corrected chi connectivity index (χ0v) is 13.9. The molecule has 7 nitrogen and oxygen atoms in total. The number of halogens is 1. The van der Waals surface area contributed by atoms with Gasteiger partial charge in [0.2, 0.25) is 0 Å². The van der Waals surface area contributed by atoms with Crippen molar-refractivity contribution in [3.63, 3.8) is 0 Å².